The number of amides is 2. The van der Waals surface area contributed by atoms with Crippen molar-refractivity contribution in [3.63, 3.8) is 0 Å². The van der Waals surface area contributed by atoms with E-state index in [0.29, 0.717) is 12.1 Å². The number of carbonyl (C=O) groups excluding carboxylic acids is 2. The first-order valence-electron chi connectivity index (χ1n) is 13.4. The minimum absolute atomic E-state index is 0.0690. The van der Waals surface area contributed by atoms with Crippen molar-refractivity contribution in [2.24, 2.45) is 5.73 Å². The van der Waals surface area contributed by atoms with Crippen LogP contribution in [-0.2, 0) is 20.7 Å². The molecule has 1 saturated heterocycles. The smallest absolute Gasteiger partial charge is 0.404 e. The minimum atomic E-state index is -0.868. The molecule has 1 fully saturated rings. The van der Waals surface area contributed by atoms with Crippen LogP contribution in [0.15, 0.2) is 72.8 Å². The highest BCUT2D eigenvalue weighted by molar-refractivity contribution is 5.92. The van der Waals surface area contributed by atoms with E-state index in [0.717, 1.165) is 12.1 Å². The standard InChI is InChI=1S/C31H31F4N3O4/c1-18(42-31(36)40)29-17-41-22(16-37-29)4-2-5-24-26(34)6-3-7-28(24)38-30(39)15-25(19-8-10-20(32)11-9-19)23-13-12-21(33)14-27(23)35/h2-4,6-14,18,22,25,29,37H,5,15-17H2,1H3,(H2,36,40)(H,38,39). The van der Waals surface area contributed by atoms with E-state index in [-0.39, 0.29) is 48.4 Å². The molecule has 1 aliphatic heterocycles. The van der Waals surface area contributed by atoms with Crippen molar-refractivity contribution in [1.82, 2.24) is 5.32 Å². The van der Waals surface area contributed by atoms with Crippen molar-refractivity contribution in [1.29, 1.82) is 0 Å². The third-order valence-corrected chi connectivity index (χ3v) is 7.01. The molecule has 0 bridgehead atoms. The monoisotopic (exact) mass is 585 g/mol. The second-order valence-electron chi connectivity index (χ2n) is 9.95. The molecule has 3 aromatic rings. The Morgan fingerprint density at radius 3 is 2.48 bits per heavy atom. The van der Waals surface area contributed by atoms with Gasteiger partial charge in [-0.15, -0.1) is 0 Å². The molecule has 0 aromatic heterocycles. The second kappa shape index (κ2) is 14.1. The highest BCUT2D eigenvalue weighted by Crippen LogP contribution is 2.31. The van der Waals surface area contributed by atoms with Gasteiger partial charge in [-0.1, -0.05) is 36.4 Å². The van der Waals surface area contributed by atoms with Gasteiger partial charge in [-0.05, 0) is 54.8 Å². The lowest BCUT2D eigenvalue weighted by Crippen LogP contribution is -2.52. The van der Waals surface area contributed by atoms with Gasteiger partial charge in [0.05, 0.1) is 18.8 Å². The lowest BCUT2D eigenvalue weighted by molar-refractivity contribution is -0.116. The van der Waals surface area contributed by atoms with Crippen LogP contribution in [0.5, 0.6) is 0 Å². The zero-order chi connectivity index (χ0) is 30.2. The molecule has 42 heavy (non-hydrogen) atoms. The highest BCUT2D eigenvalue weighted by atomic mass is 19.1. The molecule has 0 aliphatic carbocycles. The highest BCUT2D eigenvalue weighted by Gasteiger charge is 2.26. The maximum atomic E-state index is 14.8. The van der Waals surface area contributed by atoms with Crippen molar-refractivity contribution in [2.45, 2.75) is 43.9 Å². The van der Waals surface area contributed by atoms with Crippen molar-refractivity contribution in [3.05, 3.63) is 113 Å². The molecular weight excluding hydrogens is 554 g/mol. The number of hydrogen-bond donors (Lipinski definition) is 3. The summed E-state index contributed by atoms with van der Waals surface area (Å²) in [6.45, 7) is 2.40. The Morgan fingerprint density at radius 1 is 1.07 bits per heavy atom. The van der Waals surface area contributed by atoms with E-state index in [9.17, 15) is 27.2 Å². The molecule has 3 aromatic carbocycles. The van der Waals surface area contributed by atoms with Crippen LogP contribution in [0.4, 0.5) is 28.0 Å². The van der Waals surface area contributed by atoms with Gasteiger partial charge < -0.3 is 25.8 Å². The number of rotatable bonds is 10. The van der Waals surface area contributed by atoms with Crippen LogP contribution in [0.2, 0.25) is 0 Å². The summed E-state index contributed by atoms with van der Waals surface area (Å²) in [5, 5.41) is 5.93. The normalized spacial score (nSPS) is 18.4. The maximum absolute atomic E-state index is 14.8. The summed E-state index contributed by atoms with van der Waals surface area (Å²) in [6, 6.07) is 12.4. The lowest BCUT2D eigenvalue weighted by Gasteiger charge is -2.32. The van der Waals surface area contributed by atoms with Crippen LogP contribution >= 0.6 is 0 Å². The average Bonchev–Trinajstić information content (AvgIpc) is 2.94. The van der Waals surface area contributed by atoms with E-state index in [1.165, 1.54) is 42.5 Å². The number of ether oxygens (including phenoxy) is 2. The van der Waals surface area contributed by atoms with E-state index in [1.807, 2.05) is 0 Å². The van der Waals surface area contributed by atoms with Crippen LogP contribution in [0.1, 0.15) is 36.0 Å². The fourth-order valence-electron chi connectivity index (χ4n) is 4.80. The van der Waals surface area contributed by atoms with Crippen LogP contribution < -0.4 is 16.4 Å². The largest absolute Gasteiger partial charge is 0.445 e. The summed E-state index contributed by atoms with van der Waals surface area (Å²) in [5.41, 5.74) is 6.06. The van der Waals surface area contributed by atoms with Crippen molar-refractivity contribution < 1.29 is 36.6 Å². The van der Waals surface area contributed by atoms with Crippen LogP contribution in [0.25, 0.3) is 0 Å². The molecule has 0 spiro atoms. The number of anilines is 1. The van der Waals surface area contributed by atoms with Crippen LogP contribution in [-0.4, -0.2) is 43.4 Å². The third-order valence-electron chi connectivity index (χ3n) is 7.01. The first-order chi connectivity index (χ1) is 20.1. The van der Waals surface area contributed by atoms with Gasteiger partial charge in [0.1, 0.15) is 29.4 Å². The molecule has 2 amide bonds. The van der Waals surface area contributed by atoms with Crippen LogP contribution in [0, 0.1) is 23.3 Å². The van der Waals surface area contributed by atoms with Gasteiger partial charge in [0.25, 0.3) is 0 Å². The van der Waals surface area contributed by atoms with Crippen molar-refractivity contribution in [3.8, 4) is 0 Å². The van der Waals surface area contributed by atoms with E-state index in [4.69, 9.17) is 15.2 Å². The topological polar surface area (TPSA) is 103 Å². The average molecular weight is 586 g/mol. The predicted octanol–water partition coefficient (Wildman–Crippen LogP) is 5.34. The number of morpholine rings is 1. The molecule has 11 heteroatoms. The van der Waals surface area contributed by atoms with E-state index in [2.05, 4.69) is 10.6 Å². The van der Waals surface area contributed by atoms with E-state index < -0.39 is 47.3 Å². The van der Waals surface area contributed by atoms with Gasteiger partial charge in [-0.2, -0.15) is 0 Å². The Bertz CT molecular complexity index is 1430. The fraction of sp³-hybridized carbons (Fsp3) is 0.290. The van der Waals surface area contributed by atoms with Crippen molar-refractivity contribution in [2.75, 3.05) is 18.5 Å². The maximum Gasteiger partial charge on any atom is 0.404 e. The Labute approximate surface area is 240 Å². The lowest BCUT2D eigenvalue weighted by atomic mass is 9.87. The first-order valence-corrected chi connectivity index (χ1v) is 13.4. The molecule has 4 atom stereocenters. The molecule has 1 heterocycles. The molecule has 7 nitrogen and oxygen atoms in total. The number of nitrogens with two attached hydrogens (primary N) is 1. The van der Waals surface area contributed by atoms with E-state index in [1.54, 1.807) is 25.1 Å². The summed E-state index contributed by atoms with van der Waals surface area (Å²) >= 11 is 0. The minimum Gasteiger partial charge on any atom is -0.445 e. The number of hydrogen-bond acceptors (Lipinski definition) is 5. The number of halogens is 4. The van der Waals surface area contributed by atoms with E-state index >= 15 is 0 Å². The SMILES string of the molecule is CC(OC(N)=O)C1COC(C=CCc2c(F)cccc2NC(=O)CC(c2ccc(F)cc2)c2ccc(F)cc2F)CN1. The number of benzene rings is 3. The molecule has 222 valence electrons. The van der Waals surface area contributed by atoms with Gasteiger partial charge in [-0.25, -0.2) is 22.4 Å². The Hall–Kier alpha value is -4.22. The second-order valence-corrected chi connectivity index (χ2v) is 9.95. The molecular formula is C31H31F4N3O4. The van der Waals surface area contributed by atoms with Crippen LogP contribution in [0.3, 0.4) is 0 Å². The molecule has 4 N–H and O–H groups in total. The van der Waals surface area contributed by atoms with Crippen molar-refractivity contribution >= 4 is 17.7 Å². The molecule has 4 unspecified atom stereocenters. The third kappa shape index (κ3) is 8.17. The molecule has 1 aliphatic rings. The quantitative estimate of drug-likeness (QED) is 0.220. The molecule has 4 rings (SSSR count). The zero-order valence-corrected chi connectivity index (χ0v) is 22.8. The summed E-state index contributed by atoms with van der Waals surface area (Å²) in [4.78, 5) is 24.1. The summed E-state index contributed by atoms with van der Waals surface area (Å²) in [6.07, 6.45) is 1.71. The number of allylic oxidation sites excluding steroid dienone is 1. The summed E-state index contributed by atoms with van der Waals surface area (Å²) < 4.78 is 67.4. The summed E-state index contributed by atoms with van der Waals surface area (Å²) in [5.74, 6) is -4.02. The number of nitrogens with one attached hydrogen (secondary N) is 2. The van der Waals surface area contributed by atoms with Gasteiger partial charge in [-0.3, -0.25) is 4.79 Å². The number of carbonyl (C=O) groups is 2. The zero-order valence-electron chi connectivity index (χ0n) is 22.8. The Balaban J connectivity index is 1.43. The first kappa shape index (κ1) is 30.7. The Morgan fingerprint density at radius 2 is 1.81 bits per heavy atom. The summed E-state index contributed by atoms with van der Waals surface area (Å²) in [7, 11) is 0. The molecule has 0 radical (unpaired) electrons. The number of primary amides is 1. The van der Waals surface area contributed by atoms with Gasteiger partial charge in [0.2, 0.25) is 5.91 Å². The molecule has 0 saturated carbocycles. The van der Waals surface area contributed by atoms with Gasteiger partial charge in [0, 0.05) is 36.2 Å². The van der Waals surface area contributed by atoms with Gasteiger partial charge in [0.15, 0.2) is 0 Å². The fourth-order valence-corrected chi connectivity index (χ4v) is 4.80. The van der Waals surface area contributed by atoms with Gasteiger partial charge >= 0.3 is 6.09 Å². The Kier molecular flexibility index (Phi) is 10.3. The predicted molar refractivity (Wildman–Crippen MR) is 149 cm³/mol.